The molecule has 0 atom stereocenters. The molecule has 2 heteroatoms. The first-order valence-corrected chi connectivity index (χ1v) is 4.23. The lowest BCUT2D eigenvalue weighted by molar-refractivity contribution is 0.524. The molecule has 0 N–H and O–H groups in total. The summed E-state index contributed by atoms with van der Waals surface area (Å²) in [5, 5.41) is 0. The van der Waals surface area contributed by atoms with Gasteiger partial charge in [0.15, 0.2) is 0 Å². The molecule has 1 radical (unpaired) electrons. The van der Waals surface area contributed by atoms with Crippen molar-refractivity contribution in [1.29, 1.82) is 0 Å². The van der Waals surface area contributed by atoms with Gasteiger partial charge in [-0.3, -0.25) is 0 Å². The zero-order chi connectivity index (χ0) is 10.1. The van der Waals surface area contributed by atoms with Crippen molar-refractivity contribution in [3.8, 4) is 0 Å². The van der Waals surface area contributed by atoms with E-state index < -0.39 is 11.2 Å². The van der Waals surface area contributed by atoms with Crippen molar-refractivity contribution >= 4 is 0 Å². The maximum absolute atomic E-state index is 13.3. The Morgan fingerprint density at radius 2 is 1.85 bits per heavy atom. The molecule has 0 bridgehead atoms. The molecule has 0 nitrogen and oxygen atoms in total. The van der Waals surface area contributed by atoms with Crippen LogP contribution in [0.15, 0.2) is 18.2 Å². The fourth-order valence-electron chi connectivity index (χ4n) is 1.15. The first kappa shape index (κ1) is 10.2. The van der Waals surface area contributed by atoms with Gasteiger partial charge < -0.3 is 0 Å². The maximum Gasteiger partial charge on any atom is 0.127 e. The zero-order valence-corrected chi connectivity index (χ0v) is 8.07. The minimum absolute atomic E-state index is 0.357. The Bertz CT molecular complexity index is 303. The van der Waals surface area contributed by atoms with Gasteiger partial charge in [-0.05, 0) is 35.6 Å². The molecule has 0 saturated carbocycles. The van der Waals surface area contributed by atoms with E-state index >= 15 is 0 Å². The minimum atomic E-state index is -0.424. The Morgan fingerprint density at radius 1 is 1.23 bits per heavy atom. The van der Waals surface area contributed by atoms with Crippen LogP contribution in [0.3, 0.4) is 0 Å². The second kappa shape index (κ2) is 3.44. The highest BCUT2D eigenvalue weighted by atomic mass is 19.1. The van der Waals surface area contributed by atoms with Crippen LogP contribution in [0.25, 0.3) is 0 Å². The van der Waals surface area contributed by atoms with Crippen molar-refractivity contribution in [1.82, 2.24) is 0 Å². The van der Waals surface area contributed by atoms with Crippen molar-refractivity contribution in [2.75, 3.05) is 0 Å². The van der Waals surface area contributed by atoms with E-state index in [4.69, 9.17) is 0 Å². The maximum atomic E-state index is 13.3. The Morgan fingerprint density at radius 3 is 2.38 bits per heavy atom. The van der Waals surface area contributed by atoms with Gasteiger partial charge in [0.2, 0.25) is 0 Å². The van der Waals surface area contributed by atoms with Crippen molar-refractivity contribution in [3.05, 3.63) is 41.8 Å². The third-order valence-corrected chi connectivity index (χ3v) is 2.34. The van der Waals surface area contributed by atoms with Gasteiger partial charge in [-0.2, -0.15) is 0 Å². The molecule has 1 rings (SSSR count). The molecule has 1 aromatic rings. The summed E-state index contributed by atoms with van der Waals surface area (Å²) in [5.41, 5.74) is -0.0263. The van der Waals surface area contributed by atoms with Crippen molar-refractivity contribution in [3.63, 3.8) is 0 Å². The van der Waals surface area contributed by atoms with Crippen LogP contribution in [-0.2, 0) is 5.41 Å². The lowest BCUT2D eigenvalue weighted by atomic mass is 9.82. The molecular formula is C11H13F2. The van der Waals surface area contributed by atoms with E-state index in [0.717, 1.165) is 12.1 Å². The number of hydrogen-bond acceptors (Lipinski definition) is 0. The second-order valence-electron chi connectivity index (χ2n) is 3.63. The van der Waals surface area contributed by atoms with Gasteiger partial charge in [0.25, 0.3) is 0 Å². The van der Waals surface area contributed by atoms with Crippen LogP contribution in [0.1, 0.15) is 26.3 Å². The Hall–Kier alpha value is -0.920. The van der Waals surface area contributed by atoms with Gasteiger partial charge in [-0.15, -0.1) is 0 Å². The van der Waals surface area contributed by atoms with E-state index in [-0.39, 0.29) is 5.82 Å². The number of benzene rings is 1. The van der Waals surface area contributed by atoms with Gasteiger partial charge >= 0.3 is 0 Å². The van der Waals surface area contributed by atoms with Gasteiger partial charge in [0.05, 0.1) is 0 Å². The molecule has 0 saturated heterocycles. The first-order valence-electron chi connectivity index (χ1n) is 4.23. The molecule has 0 amide bonds. The van der Waals surface area contributed by atoms with E-state index in [1.54, 1.807) is 0 Å². The first-order chi connectivity index (χ1) is 5.97. The molecule has 0 unspecified atom stereocenters. The van der Waals surface area contributed by atoms with Crippen LogP contribution < -0.4 is 0 Å². The standard InChI is InChI=1S/C11H13F2/c1-4-11(2,3)9-7-8(12)5-6-10(9)13/h4-7H,1-3H3. The third-order valence-electron chi connectivity index (χ3n) is 2.34. The molecule has 71 valence electrons. The molecule has 13 heavy (non-hydrogen) atoms. The molecule has 0 fully saturated rings. The highest BCUT2D eigenvalue weighted by Crippen LogP contribution is 2.28. The minimum Gasteiger partial charge on any atom is -0.207 e. The number of hydrogen-bond donors (Lipinski definition) is 0. The SMILES string of the molecule is C[CH]C(C)(C)c1cc(F)ccc1F. The smallest absolute Gasteiger partial charge is 0.127 e. The van der Waals surface area contributed by atoms with Crippen LogP contribution in [-0.4, -0.2) is 0 Å². The van der Waals surface area contributed by atoms with E-state index in [9.17, 15) is 8.78 Å². The monoisotopic (exact) mass is 183 g/mol. The van der Waals surface area contributed by atoms with Gasteiger partial charge in [0.1, 0.15) is 11.6 Å². The number of rotatable bonds is 2. The molecule has 0 aromatic heterocycles. The fourth-order valence-corrected chi connectivity index (χ4v) is 1.15. The van der Waals surface area contributed by atoms with Crippen LogP contribution >= 0.6 is 0 Å². The van der Waals surface area contributed by atoms with Gasteiger partial charge in [-0.25, -0.2) is 8.78 Å². The Kier molecular flexibility index (Phi) is 2.69. The highest BCUT2D eigenvalue weighted by molar-refractivity contribution is 5.28. The molecule has 0 aliphatic heterocycles. The lowest BCUT2D eigenvalue weighted by Crippen LogP contribution is -2.18. The topological polar surface area (TPSA) is 0 Å². The summed E-state index contributed by atoms with van der Waals surface area (Å²) in [6.07, 6.45) is 1.85. The van der Waals surface area contributed by atoms with Crippen LogP contribution in [0.5, 0.6) is 0 Å². The van der Waals surface area contributed by atoms with Crippen molar-refractivity contribution in [2.45, 2.75) is 26.2 Å². The summed E-state index contributed by atoms with van der Waals surface area (Å²) in [6.45, 7) is 5.54. The molecular weight excluding hydrogens is 170 g/mol. The zero-order valence-electron chi connectivity index (χ0n) is 8.07. The third kappa shape index (κ3) is 2.06. The average molecular weight is 183 g/mol. The van der Waals surface area contributed by atoms with Crippen molar-refractivity contribution in [2.24, 2.45) is 0 Å². The summed E-state index contributed by atoms with van der Waals surface area (Å²) in [5.74, 6) is -0.754. The average Bonchev–Trinajstić information content (AvgIpc) is 2.09. The van der Waals surface area contributed by atoms with E-state index in [1.807, 2.05) is 27.2 Å². The van der Waals surface area contributed by atoms with Crippen molar-refractivity contribution < 1.29 is 8.78 Å². The largest absolute Gasteiger partial charge is 0.207 e. The van der Waals surface area contributed by atoms with Gasteiger partial charge in [-0.1, -0.05) is 20.8 Å². The second-order valence-corrected chi connectivity index (χ2v) is 3.63. The normalized spacial score (nSPS) is 11.8. The van der Waals surface area contributed by atoms with Crippen LogP contribution in [0.4, 0.5) is 8.78 Å². The van der Waals surface area contributed by atoms with E-state index in [1.165, 1.54) is 6.07 Å². The molecule has 0 aliphatic rings. The van der Waals surface area contributed by atoms with Crippen LogP contribution in [0.2, 0.25) is 0 Å². The Labute approximate surface area is 77.6 Å². The van der Waals surface area contributed by atoms with E-state index in [2.05, 4.69) is 0 Å². The fraction of sp³-hybridized carbons (Fsp3) is 0.364. The predicted octanol–water partition coefficient (Wildman–Crippen LogP) is 3.47. The lowest BCUT2D eigenvalue weighted by Gasteiger charge is -2.23. The quantitative estimate of drug-likeness (QED) is 0.658. The Balaban J connectivity index is 3.20. The molecule has 0 spiro atoms. The molecule has 0 heterocycles. The molecule has 0 aliphatic carbocycles. The summed E-state index contributed by atoms with van der Waals surface area (Å²) in [4.78, 5) is 0. The summed E-state index contributed by atoms with van der Waals surface area (Å²) < 4.78 is 26.1. The summed E-state index contributed by atoms with van der Waals surface area (Å²) in [7, 11) is 0. The molecule has 1 aromatic carbocycles. The van der Waals surface area contributed by atoms with E-state index in [0.29, 0.717) is 5.56 Å². The van der Waals surface area contributed by atoms with Gasteiger partial charge in [0, 0.05) is 0 Å². The summed E-state index contributed by atoms with van der Waals surface area (Å²) in [6, 6.07) is 3.54. The highest BCUT2D eigenvalue weighted by Gasteiger charge is 2.22. The summed E-state index contributed by atoms with van der Waals surface area (Å²) >= 11 is 0. The number of halogens is 2. The van der Waals surface area contributed by atoms with Crippen LogP contribution in [0, 0.1) is 18.1 Å². The predicted molar refractivity (Wildman–Crippen MR) is 49.4 cm³/mol.